The fraction of sp³-hybridized carbons (Fsp3) is 0.300. The molecule has 1 aliphatic heterocycles. The third-order valence-electron chi connectivity index (χ3n) is 4.55. The second-order valence-electron chi connectivity index (χ2n) is 6.10. The molecule has 1 heterocycles. The summed E-state index contributed by atoms with van der Waals surface area (Å²) in [5, 5.41) is 3.07. The number of para-hydroxylation sites is 1. The number of anilines is 1. The lowest BCUT2D eigenvalue weighted by Gasteiger charge is -2.37. The molecule has 0 saturated carbocycles. The number of carbonyl (C=O) groups is 2. The Morgan fingerprint density at radius 1 is 1.17 bits per heavy atom. The molecule has 0 spiro atoms. The van der Waals surface area contributed by atoms with E-state index < -0.39 is 6.04 Å². The van der Waals surface area contributed by atoms with Crippen molar-refractivity contribution in [3.63, 3.8) is 0 Å². The predicted molar refractivity (Wildman–Crippen MR) is 94.7 cm³/mol. The molecule has 4 heteroatoms. The van der Waals surface area contributed by atoms with E-state index >= 15 is 0 Å². The van der Waals surface area contributed by atoms with Gasteiger partial charge in [0.05, 0.1) is 0 Å². The summed E-state index contributed by atoms with van der Waals surface area (Å²) in [7, 11) is 0. The van der Waals surface area contributed by atoms with Gasteiger partial charge >= 0.3 is 0 Å². The number of amides is 2. The van der Waals surface area contributed by atoms with Gasteiger partial charge in [-0.2, -0.15) is 0 Å². The molecule has 2 aromatic rings. The van der Waals surface area contributed by atoms with Crippen LogP contribution in [0.4, 0.5) is 5.69 Å². The van der Waals surface area contributed by atoms with Gasteiger partial charge in [-0.15, -0.1) is 0 Å². The number of nitrogens with one attached hydrogen (secondary N) is 1. The fourth-order valence-electron chi connectivity index (χ4n) is 3.11. The molecule has 2 amide bonds. The van der Waals surface area contributed by atoms with E-state index in [4.69, 9.17) is 0 Å². The SMILES string of the molecule is CCc1cccc(C)c1NC(=O)[C@@H](c1ccccc1)N1CCC1=O. The second-order valence-corrected chi connectivity index (χ2v) is 6.10. The maximum atomic E-state index is 13.0. The molecule has 0 unspecified atom stereocenters. The summed E-state index contributed by atoms with van der Waals surface area (Å²) in [6, 6.07) is 14.9. The number of hydrogen-bond acceptors (Lipinski definition) is 2. The lowest BCUT2D eigenvalue weighted by molar-refractivity contribution is -0.147. The Bertz CT molecular complexity index is 755. The van der Waals surface area contributed by atoms with Crippen molar-refractivity contribution >= 4 is 17.5 Å². The van der Waals surface area contributed by atoms with E-state index in [2.05, 4.69) is 12.2 Å². The van der Waals surface area contributed by atoms with E-state index in [1.165, 1.54) is 0 Å². The molecule has 1 fully saturated rings. The predicted octanol–water partition coefficient (Wildman–Crippen LogP) is 3.47. The van der Waals surface area contributed by atoms with E-state index in [1.54, 1.807) is 4.90 Å². The average molecular weight is 322 g/mol. The Kier molecular flexibility index (Phi) is 4.65. The van der Waals surface area contributed by atoms with Crippen molar-refractivity contribution < 1.29 is 9.59 Å². The van der Waals surface area contributed by atoms with Crippen LogP contribution in [0.25, 0.3) is 0 Å². The molecule has 3 rings (SSSR count). The average Bonchev–Trinajstić information content (AvgIpc) is 2.60. The highest BCUT2D eigenvalue weighted by molar-refractivity contribution is 5.99. The van der Waals surface area contributed by atoms with Gasteiger partial charge in [-0.1, -0.05) is 55.5 Å². The summed E-state index contributed by atoms with van der Waals surface area (Å²) >= 11 is 0. The number of benzene rings is 2. The molecule has 124 valence electrons. The molecule has 0 bridgehead atoms. The number of β-lactam (4-membered cyclic amide) rings is 1. The van der Waals surface area contributed by atoms with E-state index in [0.29, 0.717) is 13.0 Å². The summed E-state index contributed by atoms with van der Waals surface area (Å²) in [4.78, 5) is 26.6. The molecule has 24 heavy (non-hydrogen) atoms. The summed E-state index contributed by atoms with van der Waals surface area (Å²) < 4.78 is 0. The minimum atomic E-state index is -0.572. The van der Waals surface area contributed by atoms with Crippen molar-refractivity contribution in [2.75, 3.05) is 11.9 Å². The first-order chi connectivity index (χ1) is 11.6. The molecule has 0 aromatic heterocycles. The molecule has 0 radical (unpaired) electrons. The number of rotatable bonds is 5. The smallest absolute Gasteiger partial charge is 0.251 e. The van der Waals surface area contributed by atoms with Gasteiger partial charge < -0.3 is 10.2 Å². The highest BCUT2D eigenvalue weighted by Crippen LogP contribution is 2.29. The number of likely N-dealkylation sites (tertiary alicyclic amines) is 1. The third-order valence-corrected chi connectivity index (χ3v) is 4.55. The zero-order valence-electron chi connectivity index (χ0n) is 14.1. The van der Waals surface area contributed by atoms with Gasteiger partial charge in [0.15, 0.2) is 0 Å². The van der Waals surface area contributed by atoms with Crippen molar-refractivity contribution in [1.29, 1.82) is 0 Å². The quantitative estimate of drug-likeness (QED) is 0.857. The molecule has 1 aliphatic rings. The fourth-order valence-corrected chi connectivity index (χ4v) is 3.11. The van der Waals surface area contributed by atoms with Crippen LogP contribution in [-0.4, -0.2) is 23.3 Å². The van der Waals surface area contributed by atoms with Crippen LogP contribution in [0, 0.1) is 6.92 Å². The number of aryl methyl sites for hydroxylation is 2. The Morgan fingerprint density at radius 3 is 2.50 bits per heavy atom. The van der Waals surface area contributed by atoms with Gasteiger partial charge in [0, 0.05) is 18.7 Å². The minimum absolute atomic E-state index is 0.0273. The van der Waals surface area contributed by atoms with Crippen LogP contribution in [-0.2, 0) is 16.0 Å². The van der Waals surface area contributed by atoms with Crippen molar-refractivity contribution in [2.24, 2.45) is 0 Å². The van der Waals surface area contributed by atoms with E-state index in [0.717, 1.165) is 28.8 Å². The van der Waals surface area contributed by atoms with Crippen LogP contribution >= 0.6 is 0 Å². The number of nitrogens with zero attached hydrogens (tertiary/aromatic N) is 1. The zero-order chi connectivity index (χ0) is 17.1. The van der Waals surface area contributed by atoms with Gasteiger partial charge in [-0.3, -0.25) is 9.59 Å². The van der Waals surface area contributed by atoms with Crippen LogP contribution in [0.15, 0.2) is 48.5 Å². The lowest BCUT2D eigenvalue weighted by Crippen LogP contribution is -2.49. The van der Waals surface area contributed by atoms with Gasteiger partial charge in [-0.25, -0.2) is 0 Å². The van der Waals surface area contributed by atoms with Crippen molar-refractivity contribution in [3.05, 3.63) is 65.2 Å². The van der Waals surface area contributed by atoms with E-state index in [9.17, 15) is 9.59 Å². The molecular weight excluding hydrogens is 300 g/mol. The number of carbonyl (C=O) groups excluding carboxylic acids is 2. The second kappa shape index (κ2) is 6.87. The first kappa shape index (κ1) is 16.2. The van der Waals surface area contributed by atoms with E-state index in [1.807, 2.05) is 55.5 Å². The van der Waals surface area contributed by atoms with Crippen LogP contribution in [0.3, 0.4) is 0 Å². The standard InChI is InChI=1S/C20H22N2O2/c1-3-15-11-7-8-14(2)18(15)21-20(24)19(22-13-12-17(22)23)16-9-5-4-6-10-16/h4-11,19H,3,12-13H2,1-2H3,(H,21,24)/t19-/m1/s1. The number of hydrogen-bond donors (Lipinski definition) is 1. The van der Waals surface area contributed by atoms with Crippen LogP contribution < -0.4 is 5.32 Å². The Morgan fingerprint density at radius 2 is 1.92 bits per heavy atom. The highest BCUT2D eigenvalue weighted by Gasteiger charge is 2.36. The first-order valence-corrected chi connectivity index (χ1v) is 8.35. The Hall–Kier alpha value is -2.62. The van der Waals surface area contributed by atoms with Crippen molar-refractivity contribution in [2.45, 2.75) is 32.7 Å². The lowest BCUT2D eigenvalue weighted by atomic mass is 9.99. The zero-order valence-corrected chi connectivity index (χ0v) is 14.1. The highest BCUT2D eigenvalue weighted by atomic mass is 16.2. The van der Waals surface area contributed by atoms with Crippen LogP contribution in [0.1, 0.15) is 36.1 Å². The van der Waals surface area contributed by atoms with Gasteiger partial charge in [-0.05, 0) is 30.0 Å². The molecule has 1 atom stereocenters. The van der Waals surface area contributed by atoms with Crippen molar-refractivity contribution in [1.82, 2.24) is 4.90 Å². The largest absolute Gasteiger partial charge is 0.326 e. The van der Waals surface area contributed by atoms with Crippen LogP contribution in [0.2, 0.25) is 0 Å². The van der Waals surface area contributed by atoms with E-state index in [-0.39, 0.29) is 11.8 Å². The molecule has 2 aromatic carbocycles. The maximum absolute atomic E-state index is 13.0. The molecule has 1 saturated heterocycles. The van der Waals surface area contributed by atoms with Gasteiger partial charge in [0.2, 0.25) is 5.91 Å². The topological polar surface area (TPSA) is 49.4 Å². The normalized spacial score (nSPS) is 14.9. The summed E-state index contributed by atoms with van der Waals surface area (Å²) in [6.45, 7) is 4.68. The van der Waals surface area contributed by atoms with Gasteiger partial charge in [0.1, 0.15) is 6.04 Å². The summed E-state index contributed by atoms with van der Waals surface area (Å²) in [5.41, 5.74) is 3.84. The minimum Gasteiger partial charge on any atom is -0.326 e. The summed E-state index contributed by atoms with van der Waals surface area (Å²) in [5.74, 6) is -0.127. The third kappa shape index (κ3) is 3.04. The molecule has 0 aliphatic carbocycles. The monoisotopic (exact) mass is 322 g/mol. The van der Waals surface area contributed by atoms with Crippen molar-refractivity contribution in [3.8, 4) is 0 Å². The molecule has 4 nitrogen and oxygen atoms in total. The van der Waals surface area contributed by atoms with Gasteiger partial charge in [0.25, 0.3) is 5.91 Å². The molecular formula is C20H22N2O2. The Balaban J connectivity index is 1.92. The van der Waals surface area contributed by atoms with Crippen LogP contribution in [0.5, 0.6) is 0 Å². The Labute approximate surface area is 142 Å². The maximum Gasteiger partial charge on any atom is 0.251 e. The molecule has 1 N–H and O–H groups in total. The summed E-state index contributed by atoms with van der Waals surface area (Å²) in [6.07, 6.45) is 1.36. The first-order valence-electron chi connectivity index (χ1n) is 8.35.